The lowest BCUT2D eigenvalue weighted by atomic mass is 10.1. The van der Waals surface area contributed by atoms with Crippen LogP contribution in [0.15, 0.2) is 65.6 Å². The molecule has 0 atom stereocenters. The van der Waals surface area contributed by atoms with Gasteiger partial charge in [-0.2, -0.15) is 0 Å². The van der Waals surface area contributed by atoms with Crippen molar-refractivity contribution in [2.24, 2.45) is 0 Å². The molecule has 0 radical (unpaired) electrons. The second kappa shape index (κ2) is 11.1. The number of carbonyl (C=O) groups is 1. The lowest BCUT2D eigenvalue weighted by Gasteiger charge is -2.25. The first kappa shape index (κ1) is 25.9. The summed E-state index contributed by atoms with van der Waals surface area (Å²) in [5.74, 6) is 0.781. The lowest BCUT2D eigenvalue weighted by molar-refractivity contribution is -0.114. The highest BCUT2D eigenvalue weighted by molar-refractivity contribution is 7.92. The quantitative estimate of drug-likeness (QED) is 0.441. The van der Waals surface area contributed by atoms with E-state index in [1.165, 1.54) is 32.4 Å². The van der Waals surface area contributed by atoms with Crippen LogP contribution in [-0.2, 0) is 14.8 Å². The van der Waals surface area contributed by atoms with E-state index in [1.807, 2.05) is 32.9 Å². The van der Waals surface area contributed by atoms with E-state index < -0.39 is 22.5 Å². The molecule has 0 aromatic heterocycles. The van der Waals surface area contributed by atoms with Crippen LogP contribution >= 0.6 is 0 Å². The molecular formula is C26H30N2O6S. The average molecular weight is 499 g/mol. The van der Waals surface area contributed by atoms with Gasteiger partial charge in [-0.05, 0) is 74.4 Å². The van der Waals surface area contributed by atoms with Crippen molar-refractivity contribution in [2.75, 3.05) is 37.0 Å². The molecule has 1 amide bonds. The Morgan fingerprint density at radius 3 is 2.26 bits per heavy atom. The molecule has 9 heteroatoms. The summed E-state index contributed by atoms with van der Waals surface area (Å²) in [6.07, 6.45) is 0. The number of aryl methyl sites for hydroxylation is 1. The zero-order valence-corrected chi connectivity index (χ0v) is 21.3. The van der Waals surface area contributed by atoms with Gasteiger partial charge in [0.1, 0.15) is 12.3 Å². The molecule has 0 aliphatic carbocycles. The van der Waals surface area contributed by atoms with Crippen LogP contribution in [0.1, 0.15) is 18.1 Å². The van der Waals surface area contributed by atoms with Crippen LogP contribution < -0.4 is 23.8 Å². The van der Waals surface area contributed by atoms with Gasteiger partial charge < -0.3 is 19.5 Å². The van der Waals surface area contributed by atoms with Crippen molar-refractivity contribution in [3.8, 4) is 17.2 Å². The molecule has 0 spiro atoms. The number of rotatable bonds is 10. The molecular weight excluding hydrogens is 468 g/mol. The largest absolute Gasteiger partial charge is 0.494 e. The molecule has 0 heterocycles. The van der Waals surface area contributed by atoms with Crippen molar-refractivity contribution in [3.05, 3.63) is 71.8 Å². The Balaban J connectivity index is 2.00. The third-order valence-electron chi connectivity index (χ3n) is 5.54. The van der Waals surface area contributed by atoms with Crippen molar-refractivity contribution in [3.63, 3.8) is 0 Å². The van der Waals surface area contributed by atoms with E-state index in [1.54, 1.807) is 30.3 Å². The Hall–Kier alpha value is -3.72. The fraction of sp³-hybridized carbons (Fsp3) is 0.269. The smallest absolute Gasteiger partial charge is 0.264 e. The van der Waals surface area contributed by atoms with Crippen LogP contribution in [0.25, 0.3) is 0 Å². The fourth-order valence-electron chi connectivity index (χ4n) is 3.50. The third-order valence-corrected chi connectivity index (χ3v) is 7.31. The molecule has 0 aliphatic rings. The van der Waals surface area contributed by atoms with Crippen molar-refractivity contribution >= 4 is 27.3 Å². The van der Waals surface area contributed by atoms with Gasteiger partial charge in [-0.25, -0.2) is 8.42 Å². The number of anilines is 2. The van der Waals surface area contributed by atoms with E-state index in [-0.39, 0.29) is 10.6 Å². The van der Waals surface area contributed by atoms with Gasteiger partial charge in [-0.1, -0.05) is 12.1 Å². The highest BCUT2D eigenvalue weighted by atomic mass is 32.2. The summed E-state index contributed by atoms with van der Waals surface area (Å²) in [4.78, 5) is 13.0. The minimum absolute atomic E-state index is 0.0384. The van der Waals surface area contributed by atoms with Crippen LogP contribution in [0.5, 0.6) is 17.2 Å². The third kappa shape index (κ3) is 5.86. The Morgan fingerprint density at radius 2 is 1.63 bits per heavy atom. The first-order chi connectivity index (χ1) is 16.7. The number of hydrogen-bond donors (Lipinski definition) is 1. The van der Waals surface area contributed by atoms with Gasteiger partial charge in [0, 0.05) is 11.8 Å². The summed E-state index contributed by atoms with van der Waals surface area (Å²) in [6, 6.07) is 16.4. The molecule has 3 aromatic rings. The molecule has 186 valence electrons. The molecule has 0 bridgehead atoms. The zero-order valence-electron chi connectivity index (χ0n) is 20.5. The number of ether oxygens (including phenoxy) is 3. The summed E-state index contributed by atoms with van der Waals surface area (Å²) in [6.45, 7) is 5.75. The molecule has 0 aliphatic heterocycles. The molecule has 0 saturated carbocycles. The Kier molecular flexibility index (Phi) is 8.24. The second-order valence-electron chi connectivity index (χ2n) is 7.75. The van der Waals surface area contributed by atoms with Gasteiger partial charge in [0.25, 0.3) is 10.0 Å². The molecule has 0 unspecified atom stereocenters. The highest BCUT2D eigenvalue weighted by Crippen LogP contribution is 2.32. The summed E-state index contributed by atoms with van der Waals surface area (Å²) in [5.41, 5.74) is 2.88. The van der Waals surface area contributed by atoms with E-state index >= 15 is 0 Å². The predicted octanol–water partition coefficient (Wildman–Crippen LogP) is 4.55. The normalized spacial score (nSPS) is 11.0. The summed E-state index contributed by atoms with van der Waals surface area (Å²) in [7, 11) is -1.25. The molecule has 0 fully saturated rings. The maximum atomic E-state index is 13.7. The summed E-state index contributed by atoms with van der Waals surface area (Å²) < 4.78 is 44.5. The van der Waals surface area contributed by atoms with Gasteiger partial charge in [-0.3, -0.25) is 9.10 Å². The van der Waals surface area contributed by atoms with Gasteiger partial charge in [0.05, 0.1) is 31.4 Å². The fourth-order valence-corrected chi connectivity index (χ4v) is 4.94. The van der Waals surface area contributed by atoms with Crippen LogP contribution in [0.4, 0.5) is 11.4 Å². The van der Waals surface area contributed by atoms with E-state index in [0.717, 1.165) is 15.4 Å². The van der Waals surface area contributed by atoms with Crippen LogP contribution in [-0.4, -0.2) is 41.7 Å². The number of nitrogens with zero attached hydrogens (tertiary/aromatic N) is 1. The molecule has 1 N–H and O–H groups in total. The average Bonchev–Trinajstić information content (AvgIpc) is 2.85. The van der Waals surface area contributed by atoms with Gasteiger partial charge in [0.2, 0.25) is 5.91 Å². The maximum absolute atomic E-state index is 13.7. The number of methoxy groups -OCH3 is 2. The summed E-state index contributed by atoms with van der Waals surface area (Å²) in [5, 5.41) is 2.83. The number of carbonyl (C=O) groups excluding carboxylic acids is 1. The zero-order chi connectivity index (χ0) is 25.6. The minimum atomic E-state index is -4.15. The number of hydrogen-bond acceptors (Lipinski definition) is 6. The Morgan fingerprint density at radius 1 is 0.943 bits per heavy atom. The molecule has 3 aromatic carbocycles. The number of nitrogens with one attached hydrogen (secondary N) is 1. The van der Waals surface area contributed by atoms with Crippen LogP contribution in [0.3, 0.4) is 0 Å². The Bertz CT molecular complexity index is 1290. The monoisotopic (exact) mass is 498 g/mol. The standard InChI is InChI=1S/C26H30N2O6S/c1-6-34-21-12-10-20(11-13-21)28(17-26(29)27-23-9-7-8-18(2)19(23)3)35(30,31)22-14-15-24(32-4)25(16-22)33-5/h7-16H,6,17H2,1-5H3,(H,27,29). The molecule has 8 nitrogen and oxygen atoms in total. The van der Waals surface area contributed by atoms with Crippen LogP contribution in [0.2, 0.25) is 0 Å². The minimum Gasteiger partial charge on any atom is -0.494 e. The van der Waals surface area contributed by atoms with Crippen molar-refractivity contribution in [2.45, 2.75) is 25.7 Å². The van der Waals surface area contributed by atoms with Crippen molar-refractivity contribution in [1.29, 1.82) is 0 Å². The number of benzene rings is 3. The topological polar surface area (TPSA) is 94.2 Å². The van der Waals surface area contributed by atoms with E-state index in [2.05, 4.69) is 5.32 Å². The van der Waals surface area contributed by atoms with Crippen molar-refractivity contribution < 1.29 is 27.4 Å². The number of amides is 1. The Labute approximate surface area is 206 Å². The molecule has 35 heavy (non-hydrogen) atoms. The van der Waals surface area contributed by atoms with E-state index in [0.29, 0.717) is 29.5 Å². The summed E-state index contributed by atoms with van der Waals surface area (Å²) >= 11 is 0. The van der Waals surface area contributed by atoms with E-state index in [9.17, 15) is 13.2 Å². The highest BCUT2D eigenvalue weighted by Gasteiger charge is 2.28. The number of sulfonamides is 1. The first-order valence-electron chi connectivity index (χ1n) is 11.0. The van der Waals surface area contributed by atoms with Gasteiger partial charge in [0.15, 0.2) is 11.5 Å². The molecule has 3 rings (SSSR count). The maximum Gasteiger partial charge on any atom is 0.264 e. The molecule has 0 saturated heterocycles. The van der Waals surface area contributed by atoms with Crippen LogP contribution in [0, 0.1) is 13.8 Å². The lowest BCUT2D eigenvalue weighted by Crippen LogP contribution is -2.38. The van der Waals surface area contributed by atoms with Gasteiger partial charge >= 0.3 is 0 Å². The van der Waals surface area contributed by atoms with Gasteiger partial charge in [-0.15, -0.1) is 0 Å². The van der Waals surface area contributed by atoms with E-state index in [4.69, 9.17) is 14.2 Å². The van der Waals surface area contributed by atoms with Crippen molar-refractivity contribution in [1.82, 2.24) is 0 Å². The first-order valence-corrected chi connectivity index (χ1v) is 12.5. The second-order valence-corrected chi connectivity index (χ2v) is 9.61. The SMILES string of the molecule is CCOc1ccc(N(CC(=O)Nc2cccc(C)c2C)S(=O)(=O)c2ccc(OC)c(OC)c2)cc1. The predicted molar refractivity (Wildman–Crippen MR) is 136 cm³/mol.